The van der Waals surface area contributed by atoms with Crippen molar-refractivity contribution in [1.29, 1.82) is 0 Å². The second-order valence-corrected chi connectivity index (χ2v) is 14.7. The van der Waals surface area contributed by atoms with E-state index in [0.717, 1.165) is 17.7 Å². The third kappa shape index (κ3) is 7.39. The van der Waals surface area contributed by atoms with Gasteiger partial charge in [0.25, 0.3) is 5.91 Å². The van der Waals surface area contributed by atoms with E-state index in [0.29, 0.717) is 18.0 Å². The summed E-state index contributed by atoms with van der Waals surface area (Å²) in [4.78, 5) is 12.0. The fourth-order valence-electron chi connectivity index (χ4n) is 4.89. The summed E-state index contributed by atoms with van der Waals surface area (Å²) in [5, 5.41) is 14.4. The molecular weight excluding hydrogens is 516 g/mol. The van der Waals surface area contributed by atoms with Crippen LogP contribution < -0.4 is 14.8 Å². The number of rotatable bonds is 10. The van der Waals surface area contributed by atoms with E-state index in [1.165, 1.54) is 0 Å². The Labute approximate surface area is 232 Å². The average molecular weight is 561 g/mol. The molecule has 0 saturated heterocycles. The van der Waals surface area contributed by atoms with Crippen LogP contribution in [0.3, 0.4) is 0 Å². The zero-order valence-electron chi connectivity index (χ0n) is 24.9. The first-order chi connectivity index (χ1) is 17.8. The number of H-pyrrole nitrogens is 1. The number of amides is 1. The van der Waals surface area contributed by atoms with Gasteiger partial charge in [0, 0.05) is 23.7 Å². The molecule has 216 valence electrons. The number of likely N-dealkylation sites (N-methyl/N-ethyl adjacent to an activating group) is 1. The van der Waals surface area contributed by atoms with Gasteiger partial charge in [0.15, 0.2) is 18.1 Å². The minimum Gasteiger partial charge on any atom is -0.482 e. The molecule has 0 radical (unpaired) electrons. The molecule has 0 aliphatic heterocycles. The summed E-state index contributed by atoms with van der Waals surface area (Å²) in [5.41, 5.74) is 2.01. The first-order valence-electron chi connectivity index (χ1n) is 13.3. The van der Waals surface area contributed by atoms with Crippen molar-refractivity contribution in [2.75, 3.05) is 13.2 Å². The molecule has 3 rings (SSSR count). The Bertz CT molecular complexity index is 1420. The van der Waals surface area contributed by atoms with Gasteiger partial charge in [-0.05, 0) is 48.8 Å². The van der Waals surface area contributed by atoms with E-state index in [1.807, 2.05) is 12.1 Å². The summed E-state index contributed by atoms with van der Waals surface area (Å²) in [6.07, 6.45) is 0.836. The van der Waals surface area contributed by atoms with E-state index in [2.05, 4.69) is 80.7 Å². The molecule has 0 bridgehead atoms. The van der Waals surface area contributed by atoms with Crippen molar-refractivity contribution in [1.82, 2.24) is 29.9 Å². The maximum atomic E-state index is 13.8. The van der Waals surface area contributed by atoms with Crippen molar-refractivity contribution in [2.24, 2.45) is 5.41 Å². The zero-order valence-corrected chi connectivity index (χ0v) is 25.7. The predicted octanol–water partition coefficient (Wildman–Crippen LogP) is 4.62. The Morgan fingerprint density at radius 2 is 1.74 bits per heavy atom. The van der Waals surface area contributed by atoms with Crippen LogP contribution in [0.1, 0.15) is 98.8 Å². The molecule has 2 aromatic heterocycles. The lowest BCUT2D eigenvalue weighted by atomic mass is 9.72. The lowest BCUT2D eigenvalue weighted by molar-refractivity contribution is -0.123. The van der Waals surface area contributed by atoms with Gasteiger partial charge in [-0.15, -0.1) is 10.2 Å². The van der Waals surface area contributed by atoms with Gasteiger partial charge in [-0.25, -0.2) is 17.7 Å². The maximum Gasteiger partial charge on any atom is 0.257 e. The number of aromatic amines is 1. The quantitative estimate of drug-likeness (QED) is 0.332. The van der Waals surface area contributed by atoms with E-state index in [4.69, 9.17) is 4.74 Å². The van der Waals surface area contributed by atoms with Crippen molar-refractivity contribution < 1.29 is 17.9 Å². The molecule has 1 unspecified atom stereocenters. The Balaban J connectivity index is 2.00. The number of nitrogens with zero attached hydrogens (tertiary/aromatic N) is 3. The van der Waals surface area contributed by atoms with E-state index < -0.39 is 16.1 Å². The summed E-state index contributed by atoms with van der Waals surface area (Å²) in [7, 11) is -4.09. The number of aromatic nitrogens is 4. The molecule has 0 fully saturated rings. The number of carbonyl (C=O) groups is 1. The van der Waals surface area contributed by atoms with E-state index in [-0.39, 0.29) is 39.4 Å². The standard InChI is InChI=1S/C28H44N6O4S/c1-11-29-24(35)16-38-20-13-12-19(28(9,10)17-26(3,4)5)14-21(20)39(36,37)33-18(2)25-31-30-23-15-22(27(6,7)8)32-34(23)25/h12-15,18,32-33H,11,16-17H2,1-10H3,(H,29,35). The molecule has 3 aromatic rings. The summed E-state index contributed by atoms with van der Waals surface area (Å²) >= 11 is 0. The van der Waals surface area contributed by atoms with Gasteiger partial charge < -0.3 is 10.1 Å². The fourth-order valence-corrected chi connectivity index (χ4v) is 6.26. The molecule has 11 heteroatoms. The third-order valence-corrected chi connectivity index (χ3v) is 8.03. The Morgan fingerprint density at radius 1 is 1.08 bits per heavy atom. The number of nitrogens with one attached hydrogen (secondary N) is 3. The van der Waals surface area contributed by atoms with Crippen molar-refractivity contribution in [3.63, 3.8) is 0 Å². The number of hydrogen-bond donors (Lipinski definition) is 3. The summed E-state index contributed by atoms with van der Waals surface area (Å²) in [5.74, 6) is 0.210. The second kappa shape index (κ2) is 10.9. The molecule has 1 amide bonds. The van der Waals surface area contributed by atoms with Crippen LogP contribution in [0.2, 0.25) is 0 Å². The van der Waals surface area contributed by atoms with Crippen molar-refractivity contribution >= 4 is 21.6 Å². The van der Waals surface area contributed by atoms with Crippen LogP contribution in [-0.2, 0) is 25.6 Å². The molecule has 0 spiro atoms. The summed E-state index contributed by atoms with van der Waals surface area (Å²) < 4.78 is 37.8. The van der Waals surface area contributed by atoms with Crippen molar-refractivity contribution in [2.45, 2.75) is 97.4 Å². The molecule has 1 aromatic carbocycles. The molecule has 0 aliphatic rings. The van der Waals surface area contributed by atoms with Gasteiger partial charge in [-0.2, -0.15) is 0 Å². The monoisotopic (exact) mass is 560 g/mol. The number of benzene rings is 1. The molecule has 2 heterocycles. The zero-order chi connectivity index (χ0) is 29.4. The molecule has 10 nitrogen and oxygen atoms in total. The van der Waals surface area contributed by atoms with Gasteiger partial charge >= 0.3 is 0 Å². The Morgan fingerprint density at radius 3 is 2.33 bits per heavy atom. The molecular formula is C28H44N6O4S. The number of sulfonamides is 1. The van der Waals surface area contributed by atoms with Crippen LogP contribution >= 0.6 is 0 Å². The van der Waals surface area contributed by atoms with Crippen LogP contribution in [0.25, 0.3) is 5.65 Å². The largest absolute Gasteiger partial charge is 0.482 e. The minimum absolute atomic E-state index is 0.0271. The highest BCUT2D eigenvalue weighted by molar-refractivity contribution is 7.89. The van der Waals surface area contributed by atoms with Crippen LogP contribution in [0.5, 0.6) is 5.75 Å². The second-order valence-electron chi connectivity index (χ2n) is 13.0. The summed E-state index contributed by atoms with van der Waals surface area (Å²) in [6, 6.07) is 6.36. The van der Waals surface area contributed by atoms with Crippen LogP contribution in [0.4, 0.5) is 0 Å². The molecule has 39 heavy (non-hydrogen) atoms. The highest BCUT2D eigenvalue weighted by Gasteiger charge is 2.32. The molecule has 3 N–H and O–H groups in total. The SMILES string of the molecule is CCNC(=O)COc1ccc(C(C)(C)CC(C)(C)C)cc1S(=O)(=O)NC(C)c1nnc2cc(C(C)(C)C)[nH]n12. The normalized spacial score (nSPS) is 14.0. The minimum atomic E-state index is -4.09. The Hall–Kier alpha value is -2.92. The highest BCUT2D eigenvalue weighted by atomic mass is 32.2. The average Bonchev–Trinajstić information content (AvgIpc) is 3.37. The van der Waals surface area contributed by atoms with Gasteiger partial charge in [-0.3, -0.25) is 9.89 Å². The van der Waals surface area contributed by atoms with Crippen molar-refractivity contribution in [3.8, 4) is 5.75 Å². The molecule has 0 aliphatic carbocycles. The topological polar surface area (TPSA) is 130 Å². The highest BCUT2D eigenvalue weighted by Crippen LogP contribution is 2.39. The van der Waals surface area contributed by atoms with Crippen LogP contribution in [-0.4, -0.2) is 47.3 Å². The van der Waals surface area contributed by atoms with Crippen LogP contribution in [0, 0.1) is 5.41 Å². The summed E-state index contributed by atoms with van der Waals surface area (Å²) in [6.45, 7) is 20.6. The Kier molecular flexibility index (Phi) is 8.57. The number of ether oxygens (including phenoxy) is 1. The van der Waals surface area contributed by atoms with Gasteiger partial charge in [0.2, 0.25) is 10.0 Å². The number of fused-ring (bicyclic) bond motifs is 1. The predicted molar refractivity (Wildman–Crippen MR) is 152 cm³/mol. The number of hydrogen-bond acceptors (Lipinski definition) is 6. The lowest BCUT2D eigenvalue weighted by Crippen LogP contribution is -2.31. The van der Waals surface area contributed by atoms with Gasteiger partial charge in [0.05, 0.1) is 6.04 Å². The fraction of sp³-hybridized carbons (Fsp3) is 0.607. The van der Waals surface area contributed by atoms with Gasteiger partial charge in [0.1, 0.15) is 10.6 Å². The van der Waals surface area contributed by atoms with Crippen molar-refractivity contribution in [3.05, 3.63) is 41.3 Å². The number of carbonyl (C=O) groups excluding carboxylic acids is 1. The molecule has 1 atom stereocenters. The van der Waals surface area contributed by atoms with E-state index in [1.54, 1.807) is 30.5 Å². The maximum absolute atomic E-state index is 13.8. The molecule has 0 saturated carbocycles. The van der Waals surface area contributed by atoms with E-state index in [9.17, 15) is 13.2 Å². The first-order valence-corrected chi connectivity index (χ1v) is 14.8. The third-order valence-electron chi connectivity index (χ3n) is 6.47. The smallest absolute Gasteiger partial charge is 0.257 e. The lowest BCUT2D eigenvalue weighted by Gasteiger charge is -2.33. The van der Waals surface area contributed by atoms with Gasteiger partial charge in [-0.1, -0.05) is 61.5 Å². The van der Waals surface area contributed by atoms with E-state index >= 15 is 0 Å². The first kappa shape index (κ1) is 30.6. The van der Waals surface area contributed by atoms with Crippen LogP contribution in [0.15, 0.2) is 29.2 Å².